The largest absolute Gasteiger partial charge is 0.471 e. The number of carbonyl (C=O) groups is 3. The Hall–Kier alpha value is -3.75. The second kappa shape index (κ2) is 11.8. The predicted octanol–water partition coefficient (Wildman–Crippen LogP) is 4.41. The number of carbonyl (C=O) groups excluding carboxylic acids is 3. The summed E-state index contributed by atoms with van der Waals surface area (Å²) in [6.45, 7) is 8.51. The van der Waals surface area contributed by atoms with Gasteiger partial charge in [0.15, 0.2) is 0 Å². The van der Waals surface area contributed by atoms with Crippen LogP contribution in [0.2, 0.25) is 0 Å². The molecule has 1 unspecified atom stereocenters. The zero-order valence-corrected chi connectivity index (χ0v) is 23.0. The Kier molecular flexibility index (Phi) is 9.07. The zero-order valence-electron chi connectivity index (χ0n) is 23.0. The third-order valence-electron chi connectivity index (χ3n) is 7.00. The molecule has 0 spiro atoms. The third-order valence-corrected chi connectivity index (χ3v) is 7.00. The van der Waals surface area contributed by atoms with Gasteiger partial charge in [0.25, 0.3) is 0 Å². The Morgan fingerprint density at radius 1 is 1.12 bits per heavy atom. The first-order valence-corrected chi connectivity index (χ1v) is 13.0. The highest BCUT2D eigenvalue weighted by atomic mass is 19.4. The van der Waals surface area contributed by atoms with Gasteiger partial charge in [0.2, 0.25) is 11.8 Å². The highest BCUT2D eigenvalue weighted by molar-refractivity contribution is 5.94. The van der Waals surface area contributed by atoms with E-state index in [0.717, 1.165) is 0 Å². The van der Waals surface area contributed by atoms with Crippen molar-refractivity contribution < 1.29 is 31.9 Å². The molecule has 2 aromatic rings. The van der Waals surface area contributed by atoms with Gasteiger partial charge in [-0.1, -0.05) is 46.8 Å². The molecular weight excluding hydrogens is 530 g/mol. The SMILES string of the molecule is CC(C)C[C@H]1CCN(C(=O)[C@@H](NC(=O)C(F)(F)F)C(C)(C)C)[C@@H]1C(=O)NC(C#N)c1cncc2c(F)cccc12. The number of nitrogens with one attached hydrogen (secondary N) is 2. The van der Waals surface area contributed by atoms with Crippen LogP contribution in [0.25, 0.3) is 10.8 Å². The molecule has 1 aromatic heterocycles. The van der Waals surface area contributed by atoms with Crippen LogP contribution in [0, 0.1) is 34.4 Å². The van der Waals surface area contributed by atoms with Crippen molar-refractivity contribution in [3.05, 3.63) is 42.0 Å². The highest BCUT2D eigenvalue weighted by Gasteiger charge is 2.49. The molecule has 3 amide bonds. The fraction of sp³-hybridized carbons (Fsp3) is 0.536. The third kappa shape index (κ3) is 6.69. The average Bonchev–Trinajstić information content (AvgIpc) is 3.27. The lowest BCUT2D eigenvalue weighted by molar-refractivity contribution is -0.176. The van der Waals surface area contributed by atoms with E-state index in [-0.39, 0.29) is 29.3 Å². The van der Waals surface area contributed by atoms with E-state index in [9.17, 15) is 37.2 Å². The Bertz CT molecular complexity index is 1320. The van der Waals surface area contributed by atoms with Crippen molar-refractivity contribution in [2.45, 2.75) is 71.8 Å². The molecule has 1 aliphatic rings. The average molecular weight is 564 g/mol. The summed E-state index contributed by atoms with van der Waals surface area (Å²) < 4.78 is 53.5. The van der Waals surface area contributed by atoms with Crippen molar-refractivity contribution in [3.63, 3.8) is 0 Å². The molecule has 1 aliphatic heterocycles. The number of halogens is 4. The molecule has 0 bridgehead atoms. The number of nitriles is 1. The van der Waals surface area contributed by atoms with Crippen molar-refractivity contribution >= 4 is 28.5 Å². The van der Waals surface area contributed by atoms with Crippen molar-refractivity contribution in [2.24, 2.45) is 17.3 Å². The fourth-order valence-corrected chi connectivity index (χ4v) is 5.16. The maximum absolute atomic E-state index is 14.3. The molecule has 40 heavy (non-hydrogen) atoms. The van der Waals surface area contributed by atoms with Gasteiger partial charge in [0.1, 0.15) is 23.9 Å². The molecule has 4 atom stereocenters. The van der Waals surface area contributed by atoms with Gasteiger partial charge < -0.3 is 15.5 Å². The number of fused-ring (bicyclic) bond motifs is 1. The molecule has 2 heterocycles. The number of aromatic nitrogens is 1. The van der Waals surface area contributed by atoms with Crippen molar-refractivity contribution in [2.75, 3.05) is 6.54 Å². The molecule has 1 saturated heterocycles. The van der Waals surface area contributed by atoms with Crippen molar-refractivity contribution in [3.8, 4) is 6.07 Å². The van der Waals surface area contributed by atoms with E-state index in [0.29, 0.717) is 18.2 Å². The predicted molar refractivity (Wildman–Crippen MR) is 139 cm³/mol. The summed E-state index contributed by atoms with van der Waals surface area (Å²) in [4.78, 5) is 44.4. The number of amides is 3. The van der Waals surface area contributed by atoms with Gasteiger partial charge in [-0.3, -0.25) is 19.4 Å². The summed E-state index contributed by atoms with van der Waals surface area (Å²) in [5, 5.41) is 14.9. The molecule has 0 aliphatic carbocycles. The highest BCUT2D eigenvalue weighted by Crippen LogP contribution is 2.34. The molecule has 216 valence electrons. The lowest BCUT2D eigenvalue weighted by atomic mass is 9.85. The number of nitrogens with zero attached hydrogens (tertiary/aromatic N) is 3. The molecule has 8 nitrogen and oxygen atoms in total. The molecular formula is C28H33F4N5O3. The van der Waals surface area contributed by atoms with E-state index in [1.54, 1.807) is 6.07 Å². The van der Waals surface area contributed by atoms with Crippen LogP contribution in [0.15, 0.2) is 30.6 Å². The molecule has 12 heteroatoms. The van der Waals surface area contributed by atoms with Gasteiger partial charge >= 0.3 is 12.1 Å². The first kappa shape index (κ1) is 30.8. The van der Waals surface area contributed by atoms with E-state index in [1.807, 2.05) is 25.2 Å². The quantitative estimate of drug-likeness (QED) is 0.485. The Morgan fingerprint density at radius 3 is 2.38 bits per heavy atom. The second-order valence-corrected chi connectivity index (χ2v) is 11.6. The standard InChI is InChI=1S/C28H33F4N5O3/c1-15(2)11-16-9-10-37(25(39)23(27(3,4)5)36-26(40)28(30,31)32)22(16)24(38)35-21(12-33)19-14-34-13-18-17(19)7-6-8-20(18)29/h6-8,13-16,21-23H,9-11H2,1-5H3,(H,35,38)(H,36,40)/t16-,21?,22+,23-/m1/s1. The molecule has 2 N–H and O–H groups in total. The van der Waals surface area contributed by atoms with Crippen LogP contribution in [0.1, 0.15) is 59.1 Å². The van der Waals surface area contributed by atoms with Crippen LogP contribution < -0.4 is 10.6 Å². The maximum atomic E-state index is 14.3. The summed E-state index contributed by atoms with van der Waals surface area (Å²) in [6, 6.07) is 2.39. The molecule has 0 radical (unpaired) electrons. The molecule has 0 saturated carbocycles. The summed E-state index contributed by atoms with van der Waals surface area (Å²) in [5.41, 5.74) is -0.850. The monoisotopic (exact) mass is 563 g/mol. The summed E-state index contributed by atoms with van der Waals surface area (Å²) in [6.07, 6.45) is -1.60. The number of benzene rings is 1. The first-order chi connectivity index (χ1) is 18.6. The Morgan fingerprint density at radius 2 is 1.80 bits per heavy atom. The lowest BCUT2D eigenvalue weighted by Gasteiger charge is -2.36. The minimum Gasteiger partial charge on any atom is -0.336 e. The van der Waals surface area contributed by atoms with E-state index >= 15 is 0 Å². The second-order valence-electron chi connectivity index (χ2n) is 11.6. The topological polar surface area (TPSA) is 115 Å². The van der Waals surface area contributed by atoms with E-state index in [4.69, 9.17) is 0 Å². The Balaban J connectivity index is 1.96. The number of alkyl halides is 3. The van der Waals surface area contributed by atoms with Gasteiger partial charge in [-0.2, -0.15) is 18.4 Å². The first-order valence-electron chi connectivity index (χ1n) is 13.0. The number of likely N-dealkylation sites (tertiary alicyclic amines) is 1. The molecule has 1 fully saturated rings. The maximum Gasteiger partial charge on any atom is 0.471 e. The normalized spacial score (nSPS) is 19.3. The van der Waals surface area contributed by atoms with Gasteiger partial charge in [-0.15, -0.1) is 0 Å². The van der Waals surface area contributed by atoms with Gasteiger partial charge in [-0.25, -0.2) is 4.39 Å². The summed E-state index contributed by atoms with van der Waals surface area (Å²) in [5.74, 6) is -4.50. The minimum atomic E-state index is -5.20. The van der Waals surface area contributed by atoms with Gasteiger partial charge in [0, 0.05) is 29.9 Å². The van der Waals surface area contributed by atoms with Crippen LogP contribution in [0.4, 0.5) is 17.6 Å². The van der Waals surface area contributed by atoms with Crippen LogP contribution in [-0.4, -0.2) is 52.4 Å². The van der Waals surface area contributed by atoms with E-state index in [2.05, 4.69) is 10.3 Å². The smallest absolute Gasteiger partial charge is 0.336 e. The van der Waals surface area contributed by atoms with Crippen LogP contribution >= 0.6 is 0 Å². The zero-order chi connectivity index (χ0) is 30.0. The van der Waals surface area contributed by atoms with Crippen LogP contribution in [-0.2, 0) is 14.4 Å². The number of hydrogen-bond donors (Lipinski definition) is 2. The number of hydrogen-bond acceptors (Lipinski definition) is 5. The fourth-order valence-electron chi connectivity index (χ4n) is 5.16. The van der Waals surface area contributed by atoms with E-state index < -0.39 is 53.3 Å². The minimum absolute atomic E-state index is 0.0844. The number of rotatable bonds is 7. The Labute approximate surface area is 230 Å². The summed E-state index contributed by atoms with van der Waals surface area (Å²) >= 11 is 0. The van der Waals surface area contributed by atoms with Crippen LogP contribution in [0.5, 0.6) is 0 Å². The van der Waals surface area contributed by atoms with Crippen molar-refractivity contribution in [1.29, 1.82) is 5.26 Å². The lowest BCUT2D eigenvalue weighted by Crippen LogP contribution is -2.60. The van der Waals surface area contributed by atoms with Gasteiger partial charge in [-0.05, 0) is 41.5 Å². The summed E-state index contributed by atoms with van der Waals surface area (Å²) in [7, 11) is 0. The number of pyridine rings is 1. The van der Waals surface area contributed by atoms with Crippen molar-refractivity contribution in [1.82, 2.24) is 20.5 Å². The van der Waals surface area contributed by atoms with E-state index in [1.165, 1.54) is 50.2 Å². The van der Waals surface area contributed by atoms with Gasteiger partial charge in [0.05, 0.1) is 6.07 Å². The molecule has 3 rings (SSSR count). The molecule has 1 aromatic carbocycles. The van der Waals surface area contributed by atoms with Crippen LogP contribution in [0.3, 0.4) is 0 Å².